The Bertz CT molecular complexity index is 561. The summed E-state index contributed by atoms with van der Waals surface area (Å²) in [6.45, 7) is 5.35. The Labute approximate surface area is 108 Å². The van der Waals surface area contributed by atoms with Gasteiger partial charge in [-0.3, -0.25) is 0 Å². The number of hydrogen-bond donors (Lipinski definition) is 2. The van der Waals surface area contributed by atoms with Crippen LogP contribution in [-0.4, -0.2) is 11.5 Å². The first kappa shape index (κ1) is 12.5. The highest BCUT2D eigenvalue weighted by molar-refractivity contribution is 5.91. The summed E-state index contributed by atoms with van der Waals surface area (Å²) in [5.41, 5.74) is 1.73. The molecule has 0 bridgehead atoms. The summed E-state index contributed by atoms with van der Waals surface area (Å²) < 4.78 is 0. The van der Waals surface area contributed by atoms with E-state index in [1.807, 2.05) is 24.3 Å². The zero-order chi connectivity index (χ0) is 13.0. The molecule has 3 nitrogen and oxygen atoms in total. The van der Waals surface area contributed by atoms with Gasteiger partial charge >= 0.3 is 0 Å². The molecule has 94 valence electrons. The number of aromatic amines is 1. The highest BCUT2D eigenvalue weighted by Gasteiger charge is 2.09. The van der Waals surface area contributed by atoms with Gasteiger partial charge in [0.1, 0.15) is 17.5 Å². The fraction of sp³-hybridized carbons (Fsp3) is 0.400. The van der Waals surface area contributed by atoms with Gasteiger partial charge in [-0.15, -0.1) is 0 Å². The van der Waals surface area contributed by atoms with Crippen LogP contribution in [0.5, 0.6) is 0 Å². The molecule has 1 aromatic carbocycles. The number of nitriles is 1. The second-order valence-corrected chi connectivity index (χ2v) is 5.00. The smallest absolute Gasteiger partial charge is 0.122 e. The van der Waals surface area contributed by atoms with E-state index in [-0.39, 0.29) is 0 Å². The lowest BCUT2D eigenvalue weighted by atomic mass is 10.1. The van der Waals surface area contributed by atoms with Crippen molar-refractivity contribution in [1.29, 1.82) is 5.26 Å². The maximum Gasteiger partial charge on any atom is 0.122 e. The van der Waals surface area contributed by atoms with E-state index in [1.54, 1.807) is 0 Å². The number of hydrogen-bond acceptors (Lipinski definition) is 2. The molecule has 0 atom stereocenters. The van der Waals surface area contributed by atoms with Crippen molar-refractivity contribution in [2.45, 2.75) is 26.7 Å². The maximum absolute atomic E-state index is 9.24. The Hall–Kier alpha value is -1.95. The number of benzene rings is 1. The van der Waals surface area contributed by atoms with Gasteiger partial charge in [-0.1, -0.05) is 32.0 Å². The van der Waals surface area contributed by atoms with E-state index in [0.29, 0.717) is 0 Å². The fourth-order valence-corrected chi connectivity index (χ4v) is 2.11. The average Bonchev–Trinajstić information content (AvgIpc) is 2.71. The molecule has 1 aromatic heterocycles. The summed E-state index contributed by atoms with van der Waals surface area (Å²) in [6, 6.07) is 10.2. The predicted octanol–water partition coefficient (Wildman–Crippen LogP) is 3.89. The van der Waals surface area contributed by atoms with Crippen LogP contribution in [0, 0.1) is 17.2 Å². The monoisotopic (exact) mass is 241 g/mol. The summed E-state index contributed by atoms with van der Waals surface area (Å²) in [5, 5.41) is 13.6. The lowest BCUT2D eigenvalue weighted by Gasteiger charge is -2.06. The summed E-state index contributed by atoms with van der Waals surface area (Å²) in [5.74, 6) is 1.58. The quantitative estimate of drug-likeness (QED) is 0.780. The van der Waals surface area contributed by atoms with Crippen LogP contribution >= 0.6 is 0 Å². The first-order chi connectivity index (χ1) is 8.72. The Balaban J connectivity index is 2.11. The van der Waals surface area contributed by atoms with Crippen molar-refractivity contribution in [3.63, 3.8) is 0 Å². The lowest BCUT2D eigenvalue weighted by molar-refractivity contribution is 0.567. The third-order valence-corrected chi connectivity index (χ3v) is 3.08. The fourth-order valence-electron chi connectivity index (χ4n) is 2.11. The van der Waals surface area contributed by atoms with Gasteiger partial charge < -0.3 is 10.3 Å². The summed E-state index contributed by atoms with van der Waals surface area (Å²) in [4.78, 5) is 3.27. The number of nitrogens with one attached hydrogen (secondary N) is 2. The number of aromatic nitrogens is 1. The SMILES string of the molecule is CC(C)CCCNc1[nH]c2ccccc2c1C#N. The maximum atomic E-state index is 9.24. The number of rotatable bonds is 5. The Morgan fingerprint density at radius 1 is 1.33 bits per heavy atom. The van der Waals surface area contributed by atoms with Gasteiger partial charge in [0.25, 0.3) is 0 Å². The molecule has 2 rings (SSSR count). The molecule has 0 unspecified atom stereocenters. The van der Waals surface area contributed by atoms with Gasteiger partial charge in [-0.2, -0.15) is 5.26 Å². The molecular formula is C15H19N3. The molecule has 0 aliphatic heterocycles. The molecule has 0 fully saturated rings. The zero-order valence-electron chi connectivity index (χ0n) is 11.0. The molecule has 3 heteroatoms. The summed E-state index contributed by atoms with van der Waals surface area (Å²) in [7, 11) is 0. The minimum absolute atomic E-state index is 0.718. The Morgan fingerprint density at radius 2 is 2.11 bits per heavy atom. The minimum atomic E-state index is 0.718. The van der Waals surface area contributed by atoms with Crippen LogP contribution in [0.15, 0.2) is 24.3 Å². The van der Waals surface area contributed by atoms with E-state index < -0.39 is 0 Å². The van der Waals surface area contributed by atoms with Crippen molar-refractivity contribution in [3.05, 3.63) is 29.8 Å². The van der Waals surface area contributed by atoms with Crippen molar-refractivity contribution in [1.82, 2.24) is 4.98 Å². The van der Waals surface area contributed by atoms with Crippen LogP contribution in [0.1, 0.15) is 32.3 Å². The van der Waals surface area contributed by atoms with E-state index in [9.17, 15) is 5.26 Å². The van der Waals surface area contributed by atoms with E-state index in [4.69, 9.17) is 0 Å². The normalized spacial score (nSPS) is 10.8. The molecule has 0 radical (unpaired) electrons. The van der Waals surface area contributed by atoms with Crippen molar-refractivity contribution in [2.75, 3.05) is 11.9 Å². The van der Waals surface area contributed by atoms with E-state index in [2.05, 4.69) is 30.2 Å². The first-order valence-electron chi connectivity index (χ1n) is 6.47. The number of para-hydroxylation sites is 1. The van der Waals surface area contributed by atoms with Crippen LogP contribution in [0.25, 0.3) is 10.9 Å². The van der Waals surface area contributed by atoms with Crippen molar-refractivity contribution in [3.8, 4) is 6.07 Å². The van der Waals surface area contributed by atoms with E-state index in [0.717, 1.165) is 41.2 Å². The van der Waals surface area contributed by atoms with Gasteiger partial charge in [0.2, 0.25) is 0 Å². The molecule has 0 aliphatic carbocycles. The van der Waals surface area contributed by atoms with Gasteiger partial charge in [-0.05, 0) is 24.8 Å². The molecule has 0 saturated heterocycles. The van der Waals surface area contributed by atoms with E-state index >= 15 is 0 Å². The van der Waals surface area contributed by atoms with Crippen LogP contribution in [0.4, 0.5) is 5.82 Å². The third kappa shape index (κ3) is 2.65. The average molecular weight is 241 g/mol. The number of fused-ring (bicyclic) bond motifs is 1. The topological polar surface area (TPSA) is 51.6 Å². The molecule has 0 saturated carbocycles. The number of anilines is 1. The Morgan fingerprint density at radius 3 is 2.83 bits per heavy atom. The number of H-pyrrole nitrogens is 1. The van der Waals surface area contributed by atoms with Crippen molar-refractivity contribution >= 4 is 16.7 Å². The van der Waals surface area contributed by atoms with Crippen LogP contribution in [-0.2, 0) is 0 Å². The molecule has 0 aliphatic rings. The van der Waals surface area contributed by atoms with Gasteiger partial charge in [0.15, 0.2) is 0 Å². The molecule has 2 N–H and O–H groups in total. The number of nitrogens with zero attached hydrogens (tertiary/aromatic N) is 1. The van der Waals surface area contributed by atoms with E-state index in [1.165, 1.54) is 6.42 Å². The second kappa shape index (κ2) is 5.59. The van der Waals surface area contributed by atoms with Crippen LogP contribution in [0.2, 0.25) is 0 Å². The molecular weight excluding hydrogens is 222 g/mol. The van der Waals surface area contributed by atoms with Crippen LogP contribution < -0.4 is 5.32 Å². The lowest BCUT2D eigenvalue weighted by Crippen LogP contribution is -2.04. The first-order valence-corrected chi connectivity index (χ1v) is 6.47. The highest BCUT2D eigenvalue weighted by Crippen LogP contribution is 2.25. The Kier molecular flexibility index (Phi) is 3.88. The van der Waals surface area contributed by atoms with Gasteiger partial charge in [0.05, 0.1) is 0 Å². The standard InChI is InChI=1S/C15H19N3/c1-11(2)6-5-9-17-15-13(10-16)12-7-3-4-8-14(12)18-15/h3-4,7-8,11,17-18H,5-6,9H2,1-2H3. The molecule has 2 aromatic rings. The molecule has 18 heavy (non-hydrogen) atoms. The van der Waals surface area contributed by atoms with Crippen molar-refractivity contribution < 1.29 is 0 Å². The third-order valence-electron chi connectivity index (χ3n) is 3.08. The largest absolute Gasteiger partial charge is 0.371 e. The molecule has 0 spiro atoms. The zero-order valence-corrected chi connectivity index (χ0v) is 11.0. The highest BCUT2D eigenvalue weighted by atomic mass is 15.0. The summed E-state index contributed by atoms with van der Waals surface area (Å²) in [6.07, 6.45) is 2.33. The van der Waals surface area contributed by atoms with Crippen molar-refractivity contribution in [2.24, 2.45) is 5.92 Å². The second-order valence-electron chi connectivity index (χ2n) is 5.00. The minimum Gasteiger partial charge on any atom is -0.371 e. The van der Waals surface area contributed by atoms with Crippen LogP contribution in [0.3, 0.4) is 0 Å². The summed E-state index contributed by atoms with van der Waals surface area (Å²) >= 11 is 0. The van der Waals surface area contributed by atoms with Gasteiger partial charge in [-0.25, -0.2) is 0 Å². The molecule has 0 amide bonds. The molecule has 1 heterocycles. The van der Waals surface area contributed by atoms with Gasteiger partial charge in [0, 0.05) is 17.4 Å². The predicted molar refractivity (Wildman–Crippen MR) is 75.6 cm³/mol.